The highest BCUT2D eigenvalue weighted by molar-refractivity contribution is 9.10. The second kappa shape index (κ2) is 6.01. The highest BCUT2D eigenvalue weighted by Crippen LogP contribution is 2.30. The summed E-state index contributed by atoms with van der Waals surface area (Å²) in [6.45, 7) is 4.95. The molecule has 0 aromatic heterocycles. The standard InChI is InChI=1S/C13H19BrN2O3S/c1-3-11-8-19-5-4-16(11)20(17,18)13-7-10(14)6-12(15)9(13)2/h6-7,11H,3-5,8,15H2,1-2H3. The Balaban J connectivity index is 2.49. The van der Waals surface area contributed by atoms with Crippen molar-refractivity contribution in [1.29, 1.82) is 0 Å². The van der Waals surface area contributed by atoms with E-state index in [4.69, 9.17) is 10.5 Å². The number of sulfonamides is 1. The van der Waals surface area contributed by atoms with E-state index in [1.807, 2.05) is 6.92 Å². The van der Waals surface area contributed by atoms with Gasteiger partial charge in [-0.1, -0.05) is 22.9 Å². The quantitative estimate of drug-likeness (QED) is 0.836. The van der Waals surface area contributed by atoms with Crippen molar-refractivity contribution < 1.29 is 13.2 Å². The van der Waals surface area contributed by atoms with Gasteiger partial charge in [0.15, 0.2) is 0 Å². The lowest BCUT2D eigenvalue weighted by atomic mass is 10.2. The van der Waals surface area contributed by atoms with Crippen LogP contribution in [0.5, 0.6) is 0 Å². The summed E-state index contributed by atoms with van der Waals surface area (Å²) in [5.41, 5.74) is 6.94. The third-order valence-corrected chi connectivity index (χ3v) is 6.13. The van der Waals surface area contributed by atoms with E-state index < -0.39 is 10.0 Å². The summed E-state index contributed by atoms with van der Waals surface area (Å²) in [7, 11) is -3.56. The molecule has 0 aliphatic carbocycles. The Labute approximate surface area is 128 Å². The molecule has 1 aromatic carbocycles. The molecule has 1 aliphatic heterocycles. The molecule has 2 rings (SSSR count). The first-order valence-electron chi connectivity index (χ1n) is 6.53. The molecule has 1 unspecified atom stereocenters. The predicted octanol–water partition coefficient (Wildman–Crippen LogP) is 2.14. The second-order valence-electron chi connectivity index (χ2n) is 4.87. The fraction of sp³-hybridized carbons (Fsp3) is 0.538. The summed E-state index contributed by atoms with van der Waals surface area (Å²) < 4.78 is 33.3. The first-order chi connectivity index (χ1) is 9.37. The van der Waals surface area contributed by atoms with Crippen LogP contribution in [0.4, 0.5) is 5.69 Å². The number of hydrogen-bond donors (Lipinski definition) is 1. The molecule has 5 nitrogen and oxygen atoms in total. The van der Waals surface area contributed by atoms with E-state index in [1.165, 1.54) is 4.31 Å². The molecule has 0 radical (unpaired) electrons. The predicted molar refractivity (Wildman–Crippen MR) is 82.1 cm³/mol. The molecule has 2 N–H and O–H groups in total. The van der Waals surface area contributed by atoms with Gasteiger partial charge in [-0.15, -0.1) is 0 Å². The fourth-order valence-electron chi connectivity index (χ4n) is 2.35. The molecular formula is C13H19BrN2O3S. The smallest absolute Gasteiger partial charge is 0.243 e. The number of halogens is 1. The van der Waals surface area contributed by atoms with Crippen LogP contribution in [0.1, 0.15) is 18.9 Å². The minimum Gasteiger partial charge on any atom is -0.398 e. The van der Waals surface area contributed by atoms with E-state index in [-0.39, 0.29) is 10.9 Å². The van der Waals surface area contributed by atoms with Gasteiger partial charge in [-0.05, 0) is 31.0 Å². The molecule has 112 valence electrons. The largest absolute Gasteiger partial charge is 0.398 e. The van der Waals surface area contributed by atoms with E-state index in [2.05, 4.69) is 15.9 Å². The monoisotopic (exact) mass is 362 g/mol. The van der Waals surface area contributed by atoms with Gasteiger partial charge in [0, 0.05) is 22.7 Å². The highest BCUT2D eigenvalue weighted by Gasteiger charge is 2.34. The number of nitrogens with zero attached hydrogens (tertiary/aromatic N) is 1. The maximum Gasteiger partial charge on any atom is 0.243 e. The van der Waals surface area contributed by atoms with Gasteiger partial charge in [0.1, 0.15) is 0 Å². The van der Waals surface area contributed by atoms with Crippen LogP contribution in [0.15, 0.2) is 21.5 Å². The maximum atomic E-state index is 12.9. The van der Waals surface area contributed by atoms with Gasteiger partial charge in [-0.25, -0.2) is 8.42 Å². The van der Waals surface area contributed by atoms with Crippen molar-refractivity contribution in [3.63, 3.8) is 0 Å². The van der Waals surface area contributed by atoms with Gasteiger partial charge in [0.25, 0.3) is 0 Å². The van der Waals surface area contributed by atoms with E-state index in [9.17, 15) is 8.42 Å². The van der Waals surface area contributed by atoms with Crippen LogP contribution in [-0.4, -0.2) is 38.5 Å². The molecule has 1 fully saturated rings. The molecule has 0 saturated carbocycles. The molecule has 7 heteroatoms. The lowest BCUT2D eigenvalue weighted by Crippen LogP contribution is -2.48. The van der Waals surface area contributed by atoms with E-state index in [0.717, 1.165) is 6.42 Å². The number of nitrogens with two attached hydrogens (primary N) is 1. The fourth-order valence-corrected chi connectivity index (χ4v) is 4.92. The van der Waals surface area contributed by atoms with Gasteiger partial charge in [-0.2, -0.15) is 4.31 Å². The summed E-state index contributed by atoms with van der Waals surface area (Å²) in [4.78, 5) is 0.268. The van der Waals surface area contributed by atoms with Crippen LogP contribution >= 0.6 is 15.9 Å². The minimum absolute atomic E-state index is 0.117. The van der Waals surface area contributed by atoms with Gasteiger partial charge in [-0.3, -0.25) is 0 Å². The molecule has 0 spiro atoms. The molecule has 1 heterocycles. The van der Waals surface area contributed by atoms with Crippen LogP contribution in [0, 0.1) is 6.92 Å². The maximum absolute atomic E-state index is 12.9. The number of anilines is 1. The van der Waals surface area contributed by atoms with Crippen LogP contribution in [0.3, 0.4) is 0 Å². The van der Waals surface area contributed by atoms with Crippen LogP contribution in [0.2, 0.25) is 0 Å². The van der Waals surface area contributed by atoms with Crippen molar-refractivity contribution >= 4 is 31.6 Å². The van der Waals surface area contributed by atoms with Gasteiger partial charge in [0.2, 0.25) is 10.0 Å². The number of ether oxygens (including phenoxy) is 1. The Hall–Kier alpha value is -0.630. The van der Waals surface area contributed by atoms with Crippen molar-refractivity contribution in [3.8, 4) is 0 Å². The molecule has 1 saturated heterocycles. The summed E-state index contributed by atoms with van der Waals surface area (Å²) in [5.74, 6) is 0. The first kappa shape index (κ1) is 15.8. The number of nitrogen functional groups attached to an aromatic ring is 1. The van der Waals surface area contributed by atoms with Crippen LogP contribution in [-0.2, 0) is 14.8 Å². The molecule has 0 amide bonds. The molecule has 1 aliphatic rings. The Bertz CT molecular complexity index is 604. The number of hydrogen-bond acceptors (Lipinski definition) is 4. The third-order valence-electron chi connectivity index (χ3n) is 3.60. The summed E-state index contributed by atoms with van der Waals surface area (Å²) in [5, 5.41) is 0. The van der Waals surface area contributed by atoms with Crippen molar-refractivity contribution in [3.05, 3.63) is 22.2 Å². The van der Waals surface area contributed by atoms with Gasteiger partial charge >= 0.3 is 0 Å². The number of benzene rings is 1. The molecule has 0 bridgehead atoms. The first-order valence-corrected chi connectivity index (χ1v) is 8.76. The highest BCUT2D eigenvalue weighted by atomic mass is 79.9. The average Bonchev–Trinajstić information content (AvgIpc) is 2.42. The lowest BCUT2D eigenvalue weighted by Gasteiger charge is -2.34. The molecule has 20 heavy (non-hydrogen) atoms. The second-order valence-corrected chi connectivity index (χ2v) is 7.65. The van der Waals surface area contributed by atoms with Crippen LogP contribution in [0.25, 0.3) is 0 Å². The minimum atomic E-state index is -3.56. The molecule has 1 aromatic rings. The van der Waals surface area contributed by atoms with Crippen molar-refractivity contribution in [1.82, 2.24) is 4.31 Å². The summed E-state index contributed by atoms with van der Waals surface area (Å²) >= 11 is 3.31. The number of morpholine rings is 1. The van der Waals surface area contributed by atoms with Crippen molar-refractivity contribution in [2.75, 3.05) is 25.5 Å². The Kier molecular flexibility index (Phi) is 4.73. The van der Waals surface area contributed by atoms with Gasteiger partial charge < -0.3 is 10.5 Å². The van der Waals surface area contributed by atoms with E-state index >= 15 is 0 Å². The zero-order chi connectivity index (χ0) is 14.9. The third kappa shape index (κ3) is 2.86. The van der Waals surface area contributed by atoms with E-state index in [1.54, 1.807) is 19.1 Å². The van der Waals surface area contributed by atoms with Crippen molar-refractivity contribution in [2.24, 2.45) is 0 Å². The summed E-state index contributed by atoms with van der Waals surface area (Å²) in [6, 6.07) is 3.21. The van der Waals surface area contributed by atoms with E-state index in [0.29, 0.717) is 35.5 Å². The van der Waals surface area contributed by atoms with Gasteiger partial charge in [0.05, 0.1) is 18.1 Å². The lowest BCUT2D eigenvalue weighted by molar-refractivity contribution is 0.0314. The topological polar surface area (TPSA) is 72.6 Å². The normalized spacial score (nSPS) is 21.1. The number of rotatable bonds is 3. The molecular weight excluding hydrogens is 344 g/mol. The zero-order valence-corrected chi connectivity index (χ0v) is 14.0. The molecule has 1 atom stereocenters. The average molecular weight is 363 g/mol. The summed E-state index contributed by atoms with van der Waals surface area (Å²) in [6.07, 6.45) is 0.724. The Morgan fingerprint density at radius 2 is 2.20 bits per heavy atom. The van der Waals surface area contributed by atoms with Crippen LogP contribution < -0.4 is 5.73 Å². The zero-order valence-electron chi connectivity index (χ0n) is 11.6. The van der Waals surface area contributed by atoms with Crippen molar-refractivity contribution in [2.45, 2.75) is 31.2 Å². The Morgan fingerprint density at radius 1 is 1.50 bits per heavy atom. The SMILES string of the molecule is CCC1COCCN1S(=O)(=O)c1cc(Br)cc(N)c1C. The Morgan fingerprint density at radius 3 is 2.85 bits per heavy atom.